The number of methoxy groups -OCH3 is 1. The van der Waals surface area contributed by atoms with E-state index in [1.165, 1.54) is 23.9 Å². The maximum absolute atomic E-state index is 11.6. The first-order valence-electron chi connectivity index (χ1n) is 5.56. The third kappa shape index (κ3) is 4.16. The molecule has 0 atom stereocenters. The highest BCUT2D eigenvalue weighted by atomic mass is 16.7. The molecule has 1 aromatic rings. The van der Waals surface area contributed by atoms with Crippen molar-refractivity contribution in [1.82, 2.24) is 9.78 Å². The molecule has 0 aromatic carbocycles. The Bertz CT molecular complexity index is 385. The van der Waals surface area contributed by atoms with Crippen LogP contribution >= 0.6 is 0 Å². The van der Waals surface area contributed by atoms with E-state index >= 15 is 0 Å². The first-order valence-corrected chi connectivity index (χ1v) is 5.56. The Hall–Kier alpha value is -1.40. The summed E-state index contributed by atoms with van der Waals surface area (Å²) < 4.78 is 16.9. The van der Waals surface area contributed by atoms with E-state index in [4.69, 9.17) is 14.2 Å². The SMILES string of the molecule is CCOC(Cn1nc(OC)ccc1=O)OCC. The zero-order valence-electron chi connectivity index (χ0n) is 10.4. The minimum atomic E-state index is -0.470. The molecule has 0 saturated carbocycles. The molecule has 6 nitrogen and oxygen atoms in total. The molecular weight excluding hydrogens is 224 g/mol. The van der Waals surface area contributed by atoms with Crippen LogP contribution in [0.3, 0.4) is 0 Å². The van der Waals surface area contributed by atoms with Gasteiger partial charge >= 0.3 is 0 Å². The van der Waals surface area contributed by atoms with Crippen molar-refractivity contribution in [2.75, 3.05) is 20.3 Å². The van der Waals surface area contributed by atoms with Gasteiger partial charge in [0.05, 0.1) is 13.7 Å². The zero-order valence-corrected chi connectivity index (χ0v) is 10.4. The van der Waals surface area contributed by atoms with Crippen molar-refractivity contribution >= 4 is 0 Å². The molecule has 0 saturated heterocycles. The molecule has 0 bridgehead atoms. The molecule has 0 amide bonds. The number of hydrogen-bond donors (Lipinski definition) is 0. The van der Waals surface area contributed by atoms with Gasteiger partial charge in [0.2, 0.25) is 5.88 Å². The number of rotatable bonds is 7. The van der Waals surface area contributed by atoms with Gasteiger partial charge in [-0.05, 0) is 13.8 Å². The molecule has 1 rings (SSSR count). The molecule has 0 aliphatic rings. The highest BCUT2D eigenvalue weighted by molar-refractivity contribution is 5.05. The van der Waals surface area contributed by atoms with Crippen molar-refractivity contribution in [2.24, 2.45) is 0 Å². The fraction of sp³-hybridized carbons (Fsp3) is 0.636. The first kappa shape index (κ1) is 13.7. The molecule has 0 radical (unpaired) electrons. The summed E-state index contributed by atoms with van der Waals surface area (Å²) in [7, 11) is 1.50. The van der Waals surface area contributed by atoms with Gasteiger partial charge < -0.3 is 14.2 Å². The topological polar surface area (TPSA) is 62.6 Å². The second-order valence-corrected chi connectivity index (χ2v) is 3.24. The molecule has 0 aliphatic heterocycles. The maximum atomic E-state index is 11.6. The maximum Gasteiger partial charge on any atom is 0.267 e. The van der Waals surface area contributed by atoms with E-state index < -0.39 is 6.29 Å². The van der Waals surface area contributed by atoms with Crippen LogP contribution < -0.4 is 10.3 Å². The van der Waals surface area contributed by atoms with Crippen LogP contribution in [0.5, 0.6) is 5.88 Å². The van der Waals surface area contributed by atoms with Crippen molar-refractivity contribution in [3.8, 4) is 5.88 Å². The van der Waals surface area contributed by atoms with Crippen LogP contribution in [0.2, 0.25) is 0 Å². The molecule has 0 fully saturated rings. The summed E-state index contributed by atoms with van der Waals surface area (Å²) in [6.45, 7) is 5.02. The molecule has 96 valence electrons. The third-order valence-electron chi connectivity index (χ3n) is 2.08. The average Bonchev–Trinajstić information content (AvgIpc) is 2.32. The van der Waals surface area contributed by atoms with Gasteiger partial charge in [0.25, 0.3) is 5.56 Å². The number of hydrogen-bond acceptors (Lipinski definition) is 5. The Balaban J connectivity index is 2.80. The lowest BCUT2D eigenvalue weighted by Crippen LogP contribution is -2.31. The summed E-state index contributed by atoms with van der Waals surface area (Å²) in [4.78, 5) is 11.6. The van der Waals surface area contributed by atoms with Crippen LogP contribution in [0.1, 0.15) is 13.8 Å². The Morgan fingerprint density at radius 3 is 2.47 bits per heavy atom. The smallest absolute Gasteiger partial charge is 0.267 e. The van der Waals surface area contributed by atoms with Gasteiger partial charge in [0.15, 0.2) is 6.29 Å². The average molecular weight is 242 g/mol. The monoisotopic (exact) mass is 242 g/mol. The van der Waals surface area contributed by atoms with Crippen LogP contribution in [0.15, 0.2) is 16.9 Å². The van der Waals surface area contributed by atoms with Crippen LogP contribution in [-0.4, -0.2) is 36.4 Å². The standard InChI is InChI=1S/C11H18N2O4/c1-4-16-11(17-5-2)8-13-10(14)7-6-9(12-13)15-3/h6-7,11H,4-5,8H2,1-3H3. The van der Waals surface area contributed by atoms with Crippen molar-refractivity contribution in [3.63, 3.8) is 0 Å². The predicted octanol–water partition coefficient (Wildman–Crippen LogP) is 0.651. The van der Waals surface area contributed by atoms with Gasteiger partial charge in [-0.25, -0.2) is 4.68 Å². The van der Waals surface area contributed by atoms with Gasteiger partial charge in [-0.2, -0.15) is 0 Å². The Morgan fingerprint density at radius 1 is 1.29 bits per heavy atom. The molecule has 0 N–H and O–H groups in total. The van der Waals surface area contributed by atoms with Gasteiger partial charge in [-0.1, -0.05) is 0 Å². The minimum Gasteiger partial charge on any atom is -0.480 e. The van der Waals surface area contributed by atoms with Crippen LogP contribution in [0, 0.1) is 0 Å². The summed E-state index contributed by atoms with van der Waals surface area (Å²) >= 11 is 0. The van der Waals surface area contributed by atoms with E-state index in [0.29, 0.717) is 19.1 Å². The van der Waals surface area contributed by atoms with Gasteiger partial charge in [0.1, 0.15) is 0 Å². The van der Waals surface area contributed by atoms with Crippen molar-refractivity contribution in [2.45, 2.75) is 26.7 Å². The molecule has 0 aliphatic carbocycles. The van der Waals surface area contributed by atoms with Crippen molar-refractivity contribution in [1.29, 1.82) is 0 Å². The normalized spacial score (nSPS) is 10.8. The molecular formula is C11H18N2O4. The number of nitrogens with zero attached hydrogens (tertiary/aromatic N) is 2. The summed E-state index contributed by atoms with van der Waals surface area (Å²) in [6.07, 6.45) is -0.470. The Labute approximate surface area is 100 Å². The summed E-state index contributed by atoms with van der Waals surface area (Å²) in [5.74, 6) is 0.386. The second-order valence-electron chi connectivity index (χ2n) is 3.24. The molecule has 0 unspecified atom stereocenters. The zero-order chi connectivity index (χ0) is 12.7. The first-order chi connectivity index (χ1) is 8.21. The molecule has 17 heavy (non-hydrogen) atoms. The lowest BCUT2D eigenvalue weighted by atomic mass is 10.5. The lowest BCUT2D eigenvalue weighted by Gasteiger charge is -2.17. The van der Waals surface area contributed by atoms with Crippen LogP contribution in [0.4, 0.5) is 0 Å². The van der Waals surface area contributed by atoms with E-state index in [1.807, 2.05) is 13.8 Å². The fourth-order valence-corrected chi connectivity index (χ4v) is 1.34. The van der Waals surface area contributed by atoms with E-state index in [0.717, 1.165) is 0 Å². The highest BCUT2D eigenvalue weighted by Gasteiger charge is 2.11. The van der Waals surface area contributed by atoms with Crippen LogP contribution in [-0.2, 0) is 16.0 Å². The summed E-state index contributed by atoms with van der Waals surface area (Å²) in [5.41, 5.74) is -0.213. The molecule has 1 aromatic heterocycles. The predicted molar refractivity (Wildman–Crippen MR) is 62.1 cm³/mol. The summed E-state index contributed by atoms with van der Waals surface area (Å²) in [6, 6.07) is 2.93. The van der Waals surface area contributed by atoms with Gasteiger partial charge in [0, 0.05) is 25.3 Å². The van der Waals surface area contributed by atoms with Crippen LogP contribution in [0.25, 0.3) is 0 Å². The van der Waals surface area contributed by atoms with E-state index in [9.17, 15) is 4.79 Å². The van der Waals surface area contributed by atoms with E-state index in [1.54, 1.807) is 0 Å². The number of aromatic nitrogens is 2. The van der Waals surface area contributed by atoms with Gasteiger partial charge in [-0.3, -0.25) is 4.79 Å². The summed E-state index contributed by atoms with van der Waals surface area (Å²) in [5, 5.41) is 4.02. The third-order valence-corrected chi connectivity index (χ3v) is 2.08. The highest BCUT2D eigenvalue weighted by Crippen LogP contribution is 2.02. The molecule has 1 heterocycles. The minimum absolute atomic E-state index is 0.213. The fourth-order valence-electron chi connectivity index (χ4n) is 1.34. The van der Waals surface area contributed by atoms with Crippen molar-refractivity contribution < 1.29 is 14.2 Å². The molecule has 6 heteroatoms. The largest absolute Gasteiger partial charge is 0.480 e. The van der Waals surface area contributed by atoms with Gasteiger partial charge in [-0.15, -0.1) is 5.10 Å². The molecule has 0 spiro atoms. The van der Waals surface area contributed by atoms with Crippen molar-refractivity contribution in [3.05, 3.63) is 22.5 Å². The lowest BCUT2D eigenvalue weighted by molar-refractivity contribution is -0.145. The number of ether oxygens (including phenoxy) is 3. The second kappa shape index (κ2) is 7.03. The quantitative estimate of drug-likeness (QED) is 0.657. The van der Waals surface area contributed by atoms with E-state index in [-0.39, 0.29) is 12.1 Å². The van der Waals surface area contributed by atoms with E-state index in [2.05, 4.69) is 5.10 Å². The Morgan fingerprint density at radius 2 is 1.94 bits per heavy atom. The Kier molecular flexibility index (Phi) is 5.65.